The Kier molecular flexibility index (Phi) is 4.68. The van der Waals surface area contributed by atoms with Gasteiger partial charge in [0, 0.05) is 23.0 Å². The first-order valence-electron chi connectivity index (χ1n) is 7.52. The molecule has 0 aliphatic carbocycles. The number of rotatable bonds is 5. The summed E-state index contributed by atoms with van der Waals surface area (Å²) in [5.74, 6) is 0.608. The van der Waals surface area contributed by atoms with Gasteiger partial charge >= 0.3 is 0 Å². The minimum atomic E-state index is -3.79. The zero-order valence-electron chi connectivity index (χ0n) is 13.9. The first-order valence-corrected chi connectivity index (χ1v) is 9.38. The third-order valence-corrected chi connectivity index (χ3v) is 5.53. The SMILES string of the molecule is Cc1noc(-c2c(C)[nH]c(C)c2S(=O)(=O)NCc2ccc(Cl)cc2)n1. The molecular weight excluding hydrogens is 364 g/mol. The lowest BCUT2D eigenvalue weighted by molar-refractivity contribution is 0.424. The summed E-state index contributed by atoms with van der Waals surface area (Å²) in [5.41, 5.74) is 2.34. The van der Waals surface area contributed by atoms with Gasteiger partial charge in [0.05, 0.1) is 5.56 Å². The zero-order valence-corrected chi connectivity index (χ0v) is 15.5. The highest BCUT2D eigenvalue weighted by atomic mass is 35.5. The standard InChI is InChI=1S/C16H17ClN4O3S/c1-9-14(16-20-11(3)21-24-16)15(10(2)19-9)25(22,23)18-8-12-4-6-13(17)7-5-12/h4-7,18-19H,8H2,1-3H3. The third kappa shape index (κ3) is 3.60. The van der Waals surface area contributed by atoms with E-state index in [-0.39, 0.29) is 17.3 Å². The Bertz CT molecular complexity index is 1010. The van der Waals surface area contributed by atoms with Crippen LogP contribution in [0, 0.1) is 20.8 Å². The van der Waals surface area contributed by atoms with Crippen LogP contribution in [0.1, 0.15) is 22.8 Å². The van der Waals surface area contributed by atoms with E-state index in [1.807, 2.05) is 0 Å². The van der Waals surface area contributed by atoms with Gasteiger partial charge in [-0.1, -0.05) is 28.9 Å². The van der Waals surface area contributed by atoms with Crippen molar-refractivity contribution in [3.63, 3.8) is 0 Å². The van der Waals surface area contributed by atoms with E-state index in [1.54, 1.807) is 45.0 Å². The number of nitrogens with zero attached hydrogens (tertiary/aromatic N) is 2. The topological polar surface area (TPSA) is 101 Å². The van der Waals surface area contributed by atoms with Crippen LogP contribution in [-0.4, -0.2) is 23.5 Å². The number of aromatic amines is 1. The van der Waals surface area contributed by atoms with Crippen LogP contribution in [0.2, 0.25) is 5.02 Å². The molecule has 132 valence electrons. The molecule has 3 rings (SSSR count). The van der Waals surface area contributed by atoms with Crippen molar-refractivity contribution >= 4 is 21.6 Å². The van der Waals surface area contributed by atoms with Crippen molar-refractivity contribution in [3.05, 3.63) is 52.1 Å². The molecule has 0 aliphatic rings. The number of hydrogen-bond acceptors (Lipinski definition) is 5. The lowest BCUT2D eigenvalue weighted by atomic mass is 10.2. The second-order valence-electron chi connectivity index (χ2n) is 5.68. The van der Waals surface area contributed by atoms with E-state index in [0.717, 1.165) is 5.56 Å². The van der Waals surface area contributed by atoms with Gasteiger partial charge in [0.25, 0.3) is 5.89 Å². The largest absolute Gasteiger partial charge is 0.361 e. The summed E-state index contributed by atoms with van der Waals surface area (Å²) < 4.78 is 33.5. The Hall–Kier alpha value is -2.16. The molecule has 0 atom stereocenters. The maximum absolute atomic E-state index is 12.9. The molecule has 2 heterocycles. The minimum Gasteiger partial charge on any atom is -0.361 e. The van der Waals surface area contributed by atoms with Crippen LogP contribution < -0.4 is 4.72 Å². The van der Waals surface area contributed by atoms with Crippen molar-refractivity contribution in [1.29, 1.82) is 0 Å². The molecule has 0 saturated heterocycles. The molecular formula is C16H17ClN4O3S. The normalized spacial score (nSPS) is 11.8. The first-order chi connectivity index (χ1) is 11.8. The number of aromatic nitrogens is 3. The van der Waals surface area contributed by atoms with Crippen LogP contribution in [0.3, 0.4) is 0 Å². The third-order valence-electron chi connectivity index (χ3n) is 3.71. The van der Waals surface area contributed by atoms with Gasteiger partial charge in [-0.05, 0) is 38.5 Å². The summed E-state index contributed by atoms with van der Waals surface area (Å²) >= 11 is 5.85. The van der Waals surface area contributed by atoms with Gasteiger partial charge in [-0.25, -0.2) is 13.1 Å². The number of hydrogen-bond donors (Lipinski definition) is 2. The molecule has 1 aromatic carbocycles. The second-order valence-corrected chi connectivity index (χ2v) is 7.82. The number of nitrogens with one attached hydrogen (secondary N) is 2. The van der Waals surface area contributed by atoms with E-state index < -0.39 is 10.0 Å². The fourth-order valence-electron chi connectivity index (χ4n) is 2.60. The highest BCUT2D eigenvalue weighted by molar-refractivity contribution is 7.89. The van der Waals surface area contributed by atoms with Crippen LogP contribution >= 0.6 is 11.6 Å². The monoisotopic (exact) mass is 380 g/mol. The predicted octanol–water partition coefficient (Wildman–Crippen LogP) is 3.12. The van der Waals surface area contributed by atoms with Crippen LogP contribution in [0.15, 0.2) is 33.7 Å². The quantitative estimate of drug-likeness (QED) is 0.708. The summed E-state index contributed by atoms with van der Waals surface area (Å²) in [4.78, 5) is 7.30. The van der Waals surface area contributed by atoms with Crippen molar-refractivity contribution in [2.45, 2.75) is 32.2 Å². The molecule has 0 radical (unpaired) electrons. The number of benzene rings is 1. The van der Waals surface area contributed by atoms with Gasteiger partial charge in [0.1, 0.15) is 4.90 Å². The lowest BCUT2D eigenvalue weighted by Gasteiger charge is -2.08. The maximum Gasteiger partial charge on any atom is 0.261 e. The molecule has 9 heteroatoms. The van der Waals surface area contributed by atoms with Gasteiger partial charge in [-0.15, -0.1) is 0 Å². The van der Waals surface area contributed by atoms with Crippen LogP contribution in [0.5, 0.6) is 0 Å². The Morgan fingerprint density at radius 1 is 1.16 bits per heavy atom. The Morgan fingerprint density at radius 2 is 1.84 bits per heavy atom. The summed E-state index contributed by atoms with van der Waals surface area (Å²) in [5, 5.41) is 4.34. The molecule has 3 aromatic rings. The molecule has 0 spiro atoms. The molecule has 0 bridgehead atoms. The fraction of sp³-hybridized carbons (Fsp3) is 0.250. The van der Waals surface area contributed by atoms with E-state index in [2.05, 4.69) is 19.8 Å². The van der Waals surface area contributed by atoms with Gasteiger partial charge in [-0.2, -0.15) is 4.98 Å². The Labute approximate surface area is 150 Å². The average molecular weight is 381 g/mol. The summed E-state index contributed by atoms with van der Waals surface area (Å²) in [7, 11) is -3.79. The number of halogens is 1. The molecule has 0 fully saturated rings. The van der Waals surface area contributed by atoms with Gasteiger partial charge in [-0.3, -0.25) is 0 Å². The Morgan fingerprint density at radius 3 is 2.44 bits per heavy atom. The van der Waals surface area contributed by atoms with Crippen molar-refractivity contribution < 1.29 is 12.9 Å². The van der Waals surface area contributed by atoms with Crippen molar-refractivity contribution in [1.82, 2.24) is 19.8 Å². The summed E-state index contributed by atoms with van der Waals surface area (Å²) in [6.45, 7) is 5.27. The van der Waals surface area contributed by atoms with Gasteiger partial charge in [0.15, 0.2) is 5.82 Å². The molecule has 2 aromatic heterocycles. The molecule has 25 heavy (non-hydrogen) atoms. The smallest absolute Gasteiger partial charge is 0.261 e. The minimum absolute atomic E-state index is 0.114. The molecule has 0 saturated carbocycles. The lowest BCUT2D eigenvalue weighted by Crippen LogP contribution is -2.24. The number of aryl methyl sites for hydroxylation is 3. The number of sulfonamides is 1. The molecule has 2 N–H and O–H groups in total. The van der Waals surface area contributed by atoms with E-state index in [1.165, 1.54) is 0 Å². The van der Waals surface area contributed by atoms with Crippen LogP contribution in [0.25, 0.3) is 11.5 Å². The second kappa shape index (κ2) is 6.62. The van der Waals surface area contributed by atoms with Gasteiger partial charge < -0.3 is 9.51 Å². The maximum atomic E-state index is 12.9. The molecule has 0 unspecified atom stereocenters. The number of H-pyrrole nitrogens is 1. The summed E-state index contributed by atoms with van der Waals surface area (Å²) in [6.07, 6.45) is 0. The highest BCUT2D eigenvalue weighted by Crippen LogP contribution is 2.32. The molecule has 0 aliphatic heterocycles. The van der Waals surface area contributed by atoms with Crippen LogP contribution in [0.4, 0.5) is 0 Å². The first kappa shape index (κ1) is 17.7. The van der Waals surface area contributed by atoms with E-state index >= 15 is 0 Å². The average Bonchev–Trinajstić information content (AvgIpc) is 3.09. The van der Waals surface area contributed by atoms with E-state index in [9.17, 15) is 8.42 Å². The van der Waals surface area contributed by atoms with E-state index in [4.69, 9.17) is 16.1 Å². The van der Waals surface area contributed by atoms with Crippen molar-refractivity contribution in [2.24, 2.45) is 0 Å². The predicted molar refractivity (Wildman–Crippen MR) is 93.8 cm³/mol. The summed E-state index contributed by atoms with van der Waals surface area (Å²) in [6, 6.07) is 6.96. The van der Waals surface area contributed by atoms with Crippen LogP contribution in [-0.2, 0) is 16.6 Å². The van der Waals surface area contributed by atoms with Gasteiger partial charge in [0.2, 0.25) is 10.0 Å². The fourth-order valence-corrected chi connectivity index (χ4v) is 4.19. The molecule has 0 amide bonds. The van der Waals surface area contributed by atoms with Crippen molar-refractivity contribution in [2.75, 3.05) is 0 Å². The van der Waals surface area contributed by atoms with E-state index in [0.29, 0.717) is 27.8 Å². The Balaban J connectivity index is 1.95. The molecule has 7 nitrogen and oxygen atoms in total. The highest BCUT2D eigenvalue weighted by Gasteiger charge is 2.28. The zero-order chi connectivity index (χ0) is 18.2. The van der Waals surface area contributed by atoms with Crippen molar-refractivity contribution in [3.8, 4) is 11.5 Å².